The lowest BCUT2D eigenvalue weighted by Crippen LogP contribution is -2.21. The van der Waals surface area contributed by atoms with Gasteiger partial charge in [0, 0.05) is 18.3 Å². The van der Waals surface area contributed by atoms with Crippen molar-refractivity contribution < 1.29 is 33.3 Å². The van der Waals surface area contributed by atoms with Crippen LogP contribution in [0.1, 0.15) is 38.1 Å². The summed E-state index contributed by atoms with van der Waals surface area (Å²) < 4.78 is 21.9. The van der Waals surface area contributed by atoms with E-state index in [0.717, 1.165) is 0 Å². The first kappa shape index (κ1) is 24.5. The predicted molar refractivity (Wildman–Crippen MR) is 120 cm³/mol. The fourth-order valence-corrected chi connectivity index (χ4v) is 2.76. The van der Waals surface area contributed by atoms with Crippen molar-refractivity contribution in [1.29, 1.82) is 0 Å². The number of amides is 2. The van der Waals surface area contributed by atoms with Gasteiger partial charge in [0.15, 0.2) is 18.1 Å². The Bertz CT molecular complexity index is 915. The van der Waals surface area contributed by atoms with E-state index in [1.165, 1.54) is 19.1 Å². The molecule has 0 aliphatic carbocycles. The minimum absolute atomic E-state index is 0.174. The molecule has 0 saturated carbocycles. The Morgan fingerprint density at radius 2 is 1.28 bits per heavy atom. The summed E-state index contributed by atoms with van der Waals surface area (Å²) in [6.07, 6.45) is 0. The van der Waals surface area contributed by atoms with Gasteiger partial charge in [-0.25, -0.2) is 4.79 Å². The Kier molecular flexibility index (Phi) is 9.34. The van der Waals surface area contributed by atoms with Crippen LogP contribution < -0.4 is 24.8 Å². The molecule has 0 aromatic heterocycles. The van der Waals surface area contributed by atoms with E-state index in [4.69, 9.17) is 18.9 Å². The van der Waals surface area contributed by atoms with Crippen LogP contribution in [0.5, 0.6) is 17.2 Å². The lowest BCUT2D eigenvalue weighted by Gasteiger charge is -2.16. The molecule has 2 aromatic carbocycles. The lowest BCUT2D eigenvalue weighted by atomic mass is 10.2. The maximum Gasteiger partial charge on any atom is 0.338 e. The third-order valence-corrected chi connectivity index (χ3v) is 3.97. The normalized spacial score (nSPS) is 10.1. The molecule has 0 atom stereocenters. The minimum atomic E-state index is -0.703. The Labute approximate surface area is 187 Å². The van der Waals surface area contributed by atoms with Crippen LogP contribution in [0.25, 0.3) is 0 Å². The van der Waals surface area contributed by atoms with Gasteiger partial charge in [-0.1, -0.05) is 0 Å². The van der Waals surface area contributed by atoms with Gasteiger partial charge >= 0.3 is 5.97 Å². The number of ether oxygens (including phenoxy) is 4. The highest BCUT2D eigenvalue weighted by atomic mass is 16.5. The number of benzene rings is 2. The zero-order chi connectivity index (χ0) is 23.5. The smallest absolute Gasteiger partial charge is 0.338 e. The molecule has 32 heavy (non-hydrogen) atoms. The largest absolute Gasteiger partial charge is 0.490 e. The zero-order valence-electron chi connectivity index (χ0n) is 18.7. The van der Waals surface area contributed by atoms with E-state index in [2.05, 4.69) is 10.6 Å². The van der Waals surface area contributed by atoms with E-state index in [-0.39, 0.29) is 11.5 Å². The molecule has 0 aliphatic heterocycles. The van der Waals surface area contributed by atoms with Crippen molar-refractivity contribution in [2.75, 3.05) is 37.1 Å². The molecule has 9 nitrogen and oxygen atoms in total. The topological polar surface area (TPSA) is 112 Å². The number of rotatable bonds is 11. The zero-order valence-corrected chi connectivity index (χ0v) is 18.7. The van der Waals surface area contributed by atoms with Crippen molar-refractivity contribution in [2.24, 2.45) is 0 Å². The molecule has 0 aliphatic rings. The van der Waals surface area contributed by atoms with E-state index >= 15 is 0 Å². The molecule has 0 unspecified atom stereocenters. The van der Waals surface area contributed by atoms with Gasteiger partial charge < -0.3 is 29.6 Å². The van der Waals surface area contributed by atoms with Crippen LogP contribution >= 0.6 is 0 Å². The van der Waals surface area contributed by atoms with Crippen LogP contribution in [0.3, 0.4) is 0 Å². The maximum absolute atomic E-state index is 12.5. The number of esters is 1. The molecule has 0 heterocycles. The summed E-state index contributed by atoms with van der Waals surface area (Å²) in [5.41, 5.74) is 1.28. The highest BCUT2D eigenvalue weighted by Gasteiger charge is 2.20. The van der Waals surface area contributed by atoms with Crippen molar-refractivity contribution in [3.8, 4) is 17.2 Å². The Morgan fingerprint density at radius 1 is 0.781 bits per heavy atom. The molecule has 2 amide bonds. The van der Waals surface area contributed by atoms with E-state index in [9.17, 15) is 14.4 Å². The summed E-state index contributed by atoms with van der Waals surface area (Å²) in [4.78, 5) is 35.8. The van der Waals surface area contributed by atoms with Gasteiger partial charge in [-0.15, -0.1) is 0 Å². The Morgan fingerprint density at radius 3 is 1.75 bits per heavy atom. The Balaban J connectivity index is 2.04. The molecule has 9 heteroatoms. The van der Waals surface area contributed by atoms with Crippen LogP contribution in [-0.2, 0) is 14.3 Å². The molecule has 2 N–H and O–H groups in total. The standard InChI is InChI=1S/C23H28N2O7/c1-5-29-19-12-16(13-20(30-6-2)22(19)31-7-3)23(28)32-14-21(27)25-18-10-8-17(9-11-18)24-15(4)26/h8-13H,5-7,14H2,1-4H3,(H,24,26)(H,25,27). The van der Waals surface area contributed by atoms with Crippen molar-refractivity contribution in [3.63, 3.8) is 0 Å². The molecule has 2 aromatic rings. The van der Waals surface area contributed by atoms with Crippen molar-refractivity contribution >= 4 is 29.2 Å². The second-order valence-corrected chi connectivity index (χ2v) is 6.48. The molecular formula is C23H28N2O7. The number of carbonyl (C=O) groups excluding carboxylic acids is 3. The average molecular weight is 444 g/mol. The number of hydrogen-bond acceptors (Lipinski definition) is 7. The molecule has 0 saturated heterocycles. The van der Waals surface area contributed by atoms with Gasteiger partial charge in [-0.05, 0) is 57.2 Å². The fourth-order valence-electron chi connectivity index (χ4n) is 2.76. The second kappa shape index (κ2) is 12.2. The molecule has 172 valence electrons. The SMILES string of the molecule is CCOc1cc(C(=O)OCC(=O)Nc2ccc(NC(C)=O)cc2)cc(OCC)c1OCC. The summed E-state index contributed by atoms with van der Waals surface area (Å²) in [5.74, 6) is -0.277. The number of carbonyl (C=O) groups is 3. The van der Waals surface area contributed by atoms with E-state index in [1.807, 2.05) is 20.8 Å². The molecule has 2 rings (SSSR count). The van der Waals surface area contributed by atoms with Crippen LogP contribution in [-0.4, -0.2) is 44.2 Å². The molecule has 0 fully saturated rings. The van der Waals surface area contributed by atoms with Crippen LogP contribution in [0, 0.1) is 0 Å². The quantitative estimate of drug-likeness (QED) is 0.509. The van der Waals surface area contributed by atoms with E-state index < -0.39 is 18.5 Å². The Hall–Kier alpha value is -3.75. The van der Waals surface area contributed by atoms with Crippen LogP contribution in [0.15, 0.2) is 36.4 Å². The van der Waals surface area contributed by atoms with Crippen molar-refractivity contribution in [2.45, 2.75) is 27.7 Å². The highest BCUT2D eigenvalue weighted by Crippen LogP contribution is 2.39. The van der Waals surface area contributed by atoms with Crippen LogP contribution in [0.2, 0.25) is 0 Å². The third-order valence-electron chi connectivity index (χ3n) is 3.97. The average Bonchev–Trinajstić information content (AvgIpc) is 2.75. The van der Waals surface area contributed by atoms with E-state index in [1.54, 1.807) is 24.3 Å². The van der Waals surface area contributed by atoms with E-state index in [0.29, 0.717) is 48.4 Å². The highest BCUT2D eigenvalue weighted by molar-refractivity contribution is 5.96. The summed E-state index contributed by atoms with van der Waals surface area (Å²) in [6.45, 7) is 7.52. The first-order valence-corrected chi connectivity index (χ1v) is 10.3. The third kappa shape index (κ3) is 7.19. The first-order chi connectivity index (χ1) is 15.4. The van der Waals surface area contributed by atoms with Crippen LogP contribution in [0.4, 0.5) is 11.4 Å². The maximum atomic E-state index is 12.5. The predicted octanol–water partition coefficient (Wildman–Crippen LogP) is 3.64. The number of nitrogens with one attached hydrogen (secondary N) is 2. The molecule has 0 spiro atoms. The minimum Gasteiger partial charge on any atom is -0.490 e. The van der Waals surface area contributed by atoms with Gasteiger partial charge in [-0.3, -0.25) is 9.59 Å². The number of hydrogen-bond donors (Lipinski definition) is 2. The molecule has 0 bridgehead atoms. The molecular weight excluding hydrogens is 416 g/mol. The van der Waals surface area contributed by atoms with Crippen molar-refractivity contribution in [3.05, 3.63) is 42.0 Å². The first-order valence-electron chi connectivity index (χ1n) is 10.3. The summed E-state index contributed by atoms with van der Waals surface area (Å²) in [5, 5.41) is 5.25. The van der Waals surface area contributed by atoms with Crippen molar-refractivity contribution in [1.82, 2.24) is 0 Å². The van der Waals surface area contributed by atoms with Gasteiger partial charge in [0.05, 0.1) is 25.4 Å². The summed E-state index contributed by atoms with van der Waals surface area (Å²) >= 11 is 0. The fraction of sp³-hybridized carbons (Fsp3) is 0.348. The van der Waals surface area contributed by atoms with Gasteiger partial charge in [-0.2, -0.15) is 0 Å². The van der Waals surface area contributed by atoms with Gasteiger partial charge in [0.25, 0.3) is 5.91 Å². The second-order valence-electron chi connectivity index (χ2n) is 6.48. The molecule has 0 radical (unpaired) electrons. The monoisotopic (exact) mass is 444 g/mol. The number of anilines is 2. The van der Waals surface area contributed by atoms with Gasteiger partial charge in [0.2, 0.25) is 11.7 Å². The summed E-state index contributed by atoms with van der Waals surface area (Å²) in [7, 11) is 0. The van der Waals surface area contributed by atoms with Gasteiger partial charge in [0.1, 0.15) is 0 Å². The lowest BCUT2D eigenvalue weighted by molar-refractivity contribution is -0.119. The summed E-state index contributed by atoms with van der Waals surface area (Å²) in [6, 6.07) is 9.54.